The minimum Gasteiger partial charge on any atom is -0.480 e. The highest BCUT2D eigenvalue weighted by Crippen LogP contribution is 2.18. The highest BCUT2D eigenvalue weighted by Gasteiger charge is 2.26. The third-order valence-corrected chi connectivity index (χ3v) is 4.57. The predicted octanol–water partition coefficient (Wildman–Crippen LogP) is 1.82. The second-order valence-electron chi connectivity index (χ2n) is 5.53. The summed E-state index contributed by atoms with van der Waals surface area (Å²) in [5, 5.41) is 11.7. The Balaban J connectivity index is 2.68. The monoisotopic (exact) mass is 331 g/mol. The summed E-state index contributed by atoms with van der Waals surface area (Å²) in [5.74, 6) is -1.34. The van der Waals surface area contributed by atoms with Crippen molar-refractivity contribution < 1.29 is 24.2 Å². The van der Waals surface area contributed by atoms with Crippen LogP contribution < -0.4 is 5.32 Å². The van der Waals surface area contributed by atoms with Crippen molar-refractivity contribution in [1.82, 2.24) is 5.32 Å². The standard InChI is InChI=1S/C15H25NO5S/c1-11(17)22-10-12-7-5-3-2-4-6-8-21-9-13(15(19)20)16-14(12)18/h12-13H,2-10H2,1H3,(H,16,18)(H,19,20). The highest BCUT2D eigenvalue weighted by molar-refractivity contribution is 8.13. The molecule has 1 saturated heterocycles. The first-order valence-corrected chi connectivity index (χ1v) is 8.73. The average Bonchev–Trinajstić information content (AvgIpc) is 2.47. The van der Waals surface area contributed by atoms with Gasteiger partial charge in [-0.25, -0.2) is 4.79 Å². The first-order chi connectivity index (χ1) is 10.5. The van der Waals surface area contributed by atoms with Gasteiger partial charge in [-0.2, -0.15) is 0 Å². The fraction of sp³-hybridized carbons (Fsp3) is 0.800. The first kappa shape index (κ1) is 19.0. The summed E-state index contributed by atoms with van der Waals surface area (Å²) in [4.78, 5) is 34.6. The average molecular weight is 331 g/mol. The lowest BCUT2D eigenvalue weighted by Crippen LogP contribution is -2.47. The van der Waals surface area contributed by atoms with Crippen LogP contribution in [0.3, 0.4) is 0 Å². The van der Waals surface area contributed by atoms with E-state index in [0.29, 0.717) is 18.8 Å². The Labute approximate surface area is 135 Å². The van der Waals surface area contributed by atoms with Gasteiger partial charge in [0, 0.05) is 25.2 Å². The second kappa shape index (κ2) is 10.6. The molecule has 0 aromatic heterocycles. The van der Waals surface area contributed by atoms with Gasteiger partial charge in [-0.1, -0.05) is 37.4 Å². The van der Waals surface area contributed by atoms with Crippen molar-refractivity contribution in [2.24, 2.45) is 5.92 Å². The number of ether oxygens (including phenoxy) is 1. The highest BCUT2D eigenvalue weighted by atomic mass is 32.2. The molecule has 2 N–H and O–H groups in total. The van der Waals surface area contributed by atoms with E-state index in [2.05, 4.69) is 5.32 Å². The number of carboxylic acids is 1. The smallest absolute Gasteiger partial charge is 0.328 e. The van der Waals surface area contributed by atoms with E-state index in [-0.39, 0.29) is 23.5 Å². The molecular weight excluding hydrogens is 306 g/mol. The van der Waals surface area contributed by atoms with Crippen LogP contribution in [0.4, 0.5) is 0 Å². The second-order valence-corrected chi connectivity index (χ2v) is 6.73. The fourth-order valence-electron chi connectivity index (χ4n) is 2.30. The zero-order valence-corrected chi connectivity index (χ0v) is 13.8. The van der Waals surface area contributed by atoms with E-state index in [9.17, 15) is 14.4 Å². The molecule has 1 aliphatic rings. The Bertz CT molecular complexity index is 388. The maximum atomic E-state index is 12.3. The van der Waals surface area contributed by atoms with Crippen molar-refractivity contribution >= 4 is 28.8 Å². The molecule has 126 valence electrons. The number of thioether (sulfide) groups is 1. The molecule has 2 atom stereocenters. The van der Waals surface area contributed by atoms with Gasteiger partial charge in [-0.15, -0.1) is 0 Å². The van der Waals surface area contributed by atoms with Crippen molar-refractivity contribution in [1.29, 1.82) is 0 Å². The van der Waals surface area contributed by atoms with Crippen LogP contribution in [0.15, 0.2) is 0 Å². The van der Waals surface area contributed by atoms with Crippen LogP contribution in [0.1, 0.15) is 45.4 Å². The molecule has 0 aromatic carbocycles. The van der Waals surface area contributed by atoms with Crippen molar-refractivity contribution in [3.8, 4) is 0 Å². The van der Waals surface area contributed by atoms with E-state index in [0.717, 1.165) is 43.9 Å². The van der Waals surface area contributed by atoms with Gasteiger partial charge in [-0.05, 0) is 12.8 Å². The SMILES string of the molecule is CC(=O)SCC1CCCCCCCOCC(C(=O)O)NC1=O. The molecule has 2 unspecified atom stereocenters. The van der Waals surface area contributed by atoms with E-state index in [1.165, 1.54) is 6.92 Å². The lowest BCUT2D eigenvalue weighted by Gasteiger charge is -2.19. The number of hydrogen-bond acceptors (Lipinski definition) is 5. The molecule has 7 heteroatoms. The van der Waals surface area contributed by atoms with Crippen LogP contribution in [-0.4, -0.2) is 47.1 Å². The molecule has 0 saturated carbocycles. The summed E-state index contributed by atoms with van der Waals surface area (Å²) in [7, 11) is 0. The Morgan fingerprint density at radius 2 is 1.95 bits per heavy atom. The minimum absolute atomic E-state index is 0.0202. The van der Waals surface area contributed by atoms with Gasteiger partial charge in [0.1, 0.15) is 0 Å². The molecule has 6 nitrogen and oxygen atoms in total. The number of hydrogen-bond donors (Lipinski definition) is 2. The quantitative estimate of drug-likeness (QED) is 0.819. The molecule has 0 aliphatic carbocycles. The molecular formula is C15H25NO5S. The molecule has 1 aliphatic heterocycles. The third-order valence-electron chi connectivity index (χ3n) is 3.60. The number of carbonyl (C=O) groups excluding carboxylic acids is 2. The number of carbonyl (C=O) groups is 3. The summed E-state index contributed by atoms with van der Waals surface area (Å²) < 4.78 is 5.35. The molecule has 1 amide bonds. The van der Waals surface area contributed by atoms with Crippen molar-refractivity contribution in [3.63, 3.8) is 0 Å². The molecule has 1 heterocycles. The molecule has 0 bridgehead atoms. The fourth-order valence-corrected chi connectivity index (χ4v) is 3.05. The van der Waals surface area contributed by atoms with Gasteiger partial charge in [0.25, 0.3) is 0 Å². The van der Waals surface area contributed by atoms with E-state index >= 15 is 0 Å². The zero-order chi connectivity index (χ0) is 16.4. The number of nitrogens with one attached hydrogen (secondary N) is 1. The molecule has 0 spiro atoms. The van der Waals surface area contributed by atoms with Crippen LogP contribution in [0.5, 0.6) is 0 Å². The van der Waals surface area contributed by atoms with Crippen molar-refractivity contribution in [2.75, 3.05) is 19.0 Å². The maximum absolute atomic E-state index is 12.3. The summed E-state index contributed by atoms with van der Waals surface area (Å²) in [6.45, 7) is 1.97. The van der Waals surface area contributed by atoms with Gasteiger partial charge in [0.15, 0.2) is 11.2 Å². The van der Waals surface area contributed by atoms with Gasteiger partial charge < -0.3 is 15.2 Å². The lowest BCUT2D eigenvalue weighted by atomic mass is 10.0. The van der Waals surface area contributed by atoms with E-state index in [4.69, 9.17) is 9.84 Å². The number of amides is 1. The lowest BCUT2D eigenvalue weighted by molar-refractivity contribution is -0.144. The van der Waals surface area contributed by atoms with Crippen LogP contribution in [0.25, 0.3) is 0 Å². The van der Waals surface area contributed by atoms with Crippen LogP contribution in [0, 0.1) is 5.92 Å². The molecule has 1 rings (SSSR count). The van der Waals surface area contributed by atoms with Gasteiger partial charge in [0.05, 0.1) is 6.61 Å². The largest absolute Gasteiger partial charge is 0.480 e. The summed E-state index contributed by atoms with van der Waals surface area (Å²) in [6, 6.07) is -1.03. The van der Waals surface area contributed by atoms with Crippen molar-refractivity contribution in [2.45, 2.75) is 51.5 Å². The Kier molecular flexibility index (Phi) is 9.15. The topological polar surface area (TPSA) is 92.7 Å². The maximum Gasteiger partial charge on any atom is 0.328 e. The number of carboxylic acid groups (broad SMARTS) is 1. The Hall–Kier alpha value is -1.08. The molecule has 22 heavy (non-hydrogen) atoms. The molecule has 1 fully saturated rings. The normalized spacial score (nSPS) is 25.2. The molecule has 0 aromatic rings. The van der Waals surface area contributed by atoms with E-state index in [1.807, 2.05) is 0 Å². The van der Waals surface area contributed by atoms with Crippen molar-refractivity contribution in [3.05, 3.63) is 0 Å². The summed E-state index contributed by atoms with van der Waals surface area (Å²) in [5.41, 5.74) is 0. The third kappa shape index (κ3) is 7.79. The first-order valence-electron chi connectivity index (χ1n) is 7.75. The zero-order valence-electron chi connectivity index (χ0n) is 13.0. The van der Waals surface area contributed by atoms with Crippen LogP contribution in [-0.2, 0) is 19.1 Å². The van der Waals surface area contributed by atoms with E-state index < -0.39 is 12.0 Å². The minimum atomic E-state index is -1.10. The Morgan fingerprint density at radius 1 is 1.27 bits per heavy atom. The summed E-state index contributed by atoms with van der Waals surface area (Å²) >= 11 is 1.11. The van der Waals surface area contributed by atoms with Crippen LogP contribution >= 0.6 is 11.8 Å². The van der Waals surface area contributed by atoms with Gasteiger partial charge in [-0.3, -0.25) is 9.59 Å². The van der Waals surface area contributed by atoms with E-state index in [1.54, 1.807) is 0 Å². The Morgan fingerprint density at radius 3 is 2.64 bits per heavy atom. The molecule has 0 radical (unpaired) electrons. The van der Waals surface area contributed by atoms with Gasteiger partial charge >= 0.3 is 5.97 Å². The number of aliphatic carboxylic acids is 1. The summed E-state index contributed by atoms with van der Waals surface area (Å²) in [6.07, 6.45) is 5.67. The predicted molar refractivity (Wildman–Crippen MR) is 84.7 cm³/mol. The van der Waals surface area contributed by atoms with Gasteiger partial charge in [0.2, 0.25) is 5.91 Å². The number of rotatable bonds is 3. The van der Waals surface area contributed by atoms with Crippen LogP contribution in [0.2, 0.25) is 0 Å².